The lowest BCUT2D eigenvalue weighted by Crippen LogP contribution is -2.38. The first-order valence-corrected chi connectivity index (χ1v) is 9.88. The second-order valence-electron chi connectivity index (χ2n) is 6.87. The molecule has 2 aromatic rings. The van der Waals surface area contributed by atoms with Crippen LogP contribution in [0, 0.1) is 0 Å². The van der Waals surface area contributed by atoms with Crippen LogP contribution < -0.4 is 4.90 Å². The van der Waals surface area contributed by atoms with Gasteiger partial charge in [-0.25, -0.2) is 0 Å². The van der Waals surface area contributed by atoms with Gasteiger partial charge in [-0.3, -0.25) is 4.79 Å². The van der Waals surface area contributed by atoms with Crippen molar-refractivity contribution in [3.05, 3.63) is 65.7 Å². The summed E-state index contributed by atoms with van der Waals surface area (Å²) in [7, 11) is 0. The predicted octanol–water partition coefficient (Wildman–Crippen LogP) is 4.32. The summed E-state index contributed by atoms with van der Waals surface area (Å²) in [6.07, 6.45) is 1.64. The molecule has 0 spiro atoms. The molecule has 0 radical (unpaired) electrons. The fourth-order valence-corrected chi connectivity index (χ4v) is 2.97. The normalized spacial score (nSPS) is 11.0. The molecule has 0 bridgehead atoms. The lowest BCUT2D eigenvalue weighted by atomic mass is 10.2. The third-order valence-electron chi connectivity index (χ3n) is 4.63. The molecule has 2 rings (SSSR count). The lowest BCUT2D eigenvalue weighted by molar-refractivity contribution is -0.138. The Hall–Kier alpha value is -2.82. The highest BCUT2D eigenvalue weighted by Gasteiger charge is 2.17. The second kappa shape index (κ2) is 11.1. The lowest BCUT2D eigenvalue weighted by Gasteiger charge is -2.26. The molecule has 0 aliphatic carbocycles. The Balaban J connectivity index is 1.87. The van der Waals surface area contributed by atoms with E-state index >= 15 is 0 Å². The van der Waals surface area contributed by atoms with Crippen LogP contribution in [-0.2, 0) is 16.2 Å². The zero-order valence-corrected chi connectivity index (χ0v) is 17.3. The molecular weight excluding hydrogens is 350 g/mol. The molecule has 0 heterocycles. The van der Waals surface area contributed by atoms with E-state index in [1.165, 1.54) is 5.69 Å². The number of rotatable bonds is 10. The average molecular weight is 382 g/mol. The minimum atomic E-state index is -0.0760. The molecule has 0 fully saturated rings. The van der Waals surface area contributed by atoms with Crippen molar-refractivity contribution in [2.45, 2.75) is 40.3 Å². The van der Waals surface area contributed by atoms with Gasteiger partial charge in [0.15, 0.2) is 6.61 Å². The van der Waals surface area contributed by atoms with Crippen LogP contribution in [0.5, 0.6) is 0 Å². The summed E-state index contributed by atoms with van der Waals surface area (Å²) >= 11 is 0. The molecule has 5 heteroatoms. The zero-order chi connectivity index (χ0) is 20.4. The fourth-order valence-electron chi connectivity index (χ4n) is 2.97. The van der Waals surface area contributed by atoms with Gasteiger partial charge in [0, 0.05) is 31.4 Å². The van der Waals surface area contributed by atoms with Gasteiger partial charge in [-0.2, -0.15) is 0 Å². The van der Waals surface area contributed by atoms with Crippen molar-refractivity contribution in [1.29, 1.82) is 0 Å². The van der Waals surface area contributed by atoms with E-state index in [0.717, 1.165) is 24.2 Å². The molecule has 5 nitrogen and oxygen atoms in total. The van der Waals surface area contributed by atoms with Gasteiger partial charge in [0.1, 0.15) is 0 Å². The van der Waals surface area contributed by atoms with Crippen molar-refractivity contribution in [1.82, 2.24) is 4.90 Å². The summed E-state index contributed by atoms with van der Waals surface area (Å²) in [4.78, 5) is 21.8. The molecule has 0 saturated carbocycles. The Morgan fingerprint density at radius 3 is 2.25 bits per heavy atom. The molecule has 1 amide bonds. The molecule has 0 aliphatic heterocycles. The maximum Gasteiger partial charge on any atom is 0.263 e. The van der Waals surface area contributed by atoms with Crippen LogP contribution in [-0.4, -0.2) is 42.8 Å². The SMILES string of the molecule is CCN(CC)c1ccc(C=NOCC(=O)N(Cc2ccccc2)C(C)C)cc1. The van der Waals surface area contributed by atoms with Crippen LogP contribution >= 0.6 is 0 Å². The quantitative estimate of drug-likeness (QED) is 0.455. The van der Waals surface area contributed by atoms with E-state index in [0.29, 0.717) is 6.54 Å². The van der Waals surface area contributed by atoms with Crippen LogP contribution in [0.3, 0.4) is 0 Å². The number of carbonyl (C=O) groups excluding carboxylic acids is 1. The Kier molecular flexibility index (Phi) is 8.53. The van der Waals surface area contributed by atoms with Crippen LogP contribution in [0.4, 0.5) is 5.69 Å². The number of carbonyl (C=O) groups is 1. The van der Waals surface area contributed by atoms with Crippen LogP contribution in [0.15, 0.2) is 59.8 Å². The van der Waals surface area contributed by atoms with E-state index in [9.17, 15) is 4.79 Å². The van der Waals surface area contributed by atoms with Gasteiger partial charge >= 0.3 is 0 Å². The minimum absolute atomic E-state index is 0.0704. The minimum Gasteiger partial charge on any atom is -0.386 e. The van der Waals surface area contributed by atoms with E-state index in [-0.39, 0.29) is 18.6 Å². The highest BCUT2D eigenvalue weighted by Crippen LogP contribution is 2.14. The van der Waals surface area contributed by atoms with E-state index < -0.39 is 0 Å². The fraction of sp³-hybridized carbons (Fsp3) is 0.391. The van der Waals surface area contributed by atoms with Crippen LogP contribution in [0.2, 0.25) is 0 Å². The van der Waals surface area contributed by atoms with Crippen molar-refractivity contribution in [3.8, 4) is 0 Å². The van der Waals surface area contributed by atoms with Gasteiger partial charge in [0.2, 0.25) is 0 Å². The Morgan fingerprint density at radius 2 is 1.68 bits per heavy atom. The van der Waals surface area contributed by atoms with E-state index in [4.69, 9.17) is 4.84 Å². The van der Waals surface area contributed by atoms with Crippen molar-refractivity contribution >= 4 is 17.8 Å². The summed E-state index contributed by atoms with van der Waals surface area (Å²) in [6.45, 7) is 10.7. The number of amides is 1. The molecule has 150 valence electrons. The summed E-state index contributed by atoms with van der Waals surface area (Å²) < 4.78 is 0. The first-order chi connectivity index (χ1) is 13.5. The summed E-state index contributed by atoms with van der Waals surface area (Å²) in [5, 5.41) is 3.96. The largest absolute Gasteiger partial charge is 0.386 e. The Bertz CT molecular complexity index is 738. The third kappa shape index (κ3) is 6.41. The number of hydrogen-bond donors (Lipinski definition) is 0. The maximum absolute atomic E-state index is 12.5. The van der Waals surface area contributed by atoms with Crippen molar-refractivity contribution in [2.24, 2.45) is 5.16 Å². The van der Waals surface area contributed by atoms with Gasteiger partial charge < -0.3 is 14.6 Å². The standard InChI is InChI=1S/C23H31N3O2/c1-5-25(6-2)22-14-12-20(13-15-22)16-24-28-18-23(27)26(19(3)4)17-21-10-8-7-9-11-21/h7-16,19H,5-6,17-18H2,1-4H3. The molecule has 0 N–H and O–H groups in total. The topological polar surface area (TPSA) is 45.1 Å². The summed E-state index contributed by atoms with van der Waals surface area (Å²) in [5.41, 5.74) is 3.22. The van der Waals surface area contributed by atoms with E-state index in [1.807, 2.05) is 56.3 Å². The first-order valence-electron chi connectivity index (χ1n) is 9.88. The van der Waals surface area contributed by atoms with Crippen LogP contribution in [0.25, 0.3) is 0 Å². The third-order valence-corrected chi connectivity index (χ3v) is 4.63. The molecule has 0 aliphatic rings. The number of benzene rings is 2. The zero-order valence-electron chi connectivity index (χ0n) is 17.3. The van der Waals surface area contributed by atoms with Gasteiger partial charge in [0.25, 0.3) is 5.91 Å². The molecule has 28 heavy (non-hydrogen) atoms. The molecule has 0 aromatic heterocycles. The van der Waals surface area contributed by atoms with E-state index in [2.05, 4.69) is 36.0 Å². The summed E-state index contributed by atoms with van der Waals surface area (Å²) in [5.74, 6) is -0.0760. The number of hydrogen-bond acceptors (Lipinski definition) is 4. The van der Waals surface area contributed by atoms with Gasteiger partial charge in [0.05, 0.1) is 6.21 Å². The van der Waals surface area contributed by atoms with Gasteiger partial charge in [-0.05, 0) is 51.0 Å². The number of nitrogens with zero attached hydrogens (tertiary/aromatic N) is 3. The smallest absolute Gasteiger partial charge is 0.263 e. The highest BCUT2D eigenvalue weighted by atomic mass is 16.6. The predicted molar refractivity (Wildman–Crippen MR) is 116 cm³/mol. The number of oxime groups is 1. The average Bonchev–Trinajstić information content (AvgIpc) is 2.71. The van der Waals surface area contributed by atoms with Gasteiger partial charge in [-0.1, -0.05) is 47.6 Å². The Labute approximate surface area is 168 Å². The van der Waals surface area contributed by atoms with Crippen molar-refractivity contribution in [2.75, 3.05) is 24.6 Å². The molecule has 0 saturated heterocycles. The molecule has 0 atom stereocenters. The van der Waals surface area contributed by atoms with Crippen LogP contribution in [0.1, 0.15) is 38.8 Å². The van der Waals surface area contributed by atoms with Gasteiger partial charge in [-0.15, -0.1) is 0 Å². The first kappa shape index (κ1) is 21.5. The summed E-state index contributed by atoms with van der Waals surface area (Å²) in [6, 6.07) is 18.2. The van der Waals surface area contributed by atoms with E-state index in [1.54, 1.807) is 11.1 Å². The molecule has 2 aromatic carbocycles. The highest BCUT2D eigenvalue weighted by molar-refractivity contribution is 5.80. The Morgan fingerprint density at radius 1 is 1.04 bits per heavy atom. The maximum atomic E-state index is 12.5. The molecule has 0 unspecified atom stereocenters. The number of anilines is 1. The molecular formula is C23H31N3O2. The monoisotopic (exact) mass is 381 g/mol. The van der Waals surface area contributed by atoms with Crippen molar-refractivity contribution < 1.29 is 9.63 Å². The second-order valence-corrected chi connectivity index (χ2v) is 6.87. The van der Waals surface area contributed by atoms with Crippen molar-refractivity contribution in [3.63, 3.8) is 0 Å².